The number of aliphatic hydroxyl groups is 1. The van der Waals surface area contributed by atoms with Gasteiger partial charge in [-0.25, -0.2) is 9.97 Å². The zero-order valence-corrected chi connectivity index (χ0v) is 19.8. The summed E-state index contributed by atoms with van der Waals surface area (Å²) < 4.78 is 0. The zero-order valence-electron chi connectivity index (χ0n) is 19.8. The van der Waals surface area contributed by atoms with Crippen LogP contribution in [0.3, 0.4) is 0 Å². The molecular formula is C26H31N7O. The molecule has 0 atom stereocenters. The van der Waals surface area contributed by atoms with E-state index in [1.54, 1.807) is 12.4 Å². The van der Waals surface area contributed by atoms with E-state index < -0.39 is 0 Å². The predicted octanol–water partition coefficient (Wildman–Crippen LogP) is 3.61. The van der Waals surface area contributed by atoms with E-state index in [0.717, 1.165) is 73.6 Å². The van der Waals surface area contributed by atoms with Crippen LogP contribution in [0.15, 0.2) is 48.8 Å². The summed E-state index contributed by atoms with van der Waals surface area (Å²) in [6, 6.07) is 14.0. The lowest BCUT2D eigenvalue weighted by molar-refractivity contribution is 0.145. The highest BCUT2D eigenvalue weighted by atomic mass is 16.3. The molecule has 1 saturated heterocycles. The van der Waals surface area contributed by atoms with Crippen LogP contribution < -0.4 is 10.2 Å². The van der Waals surface area contributed by atoms with Gasteiger partial charge in [-0.1, -0.05) is 6.07 Å². The van der Waals surface area contributed by atoms with E-state index in [0.29, 0.717) is 11.5 Å². The minimum atomic E-state index is -0.248. The van der Waals surface area contributed by atoms with Crippen LogP contribution in [0.4, 0.5) is 17.3 Å². The first-order chi connectivity index (χ1) is 16.5. The van der Waals surface area contributed by atoms with E-state index in [4.69, 9.17) is 0 Å². The molecule has 3 aromatic rings. The molecule has 0 amide bonds. The number of benzene rings is 1. The molecule has 3 heterocycles. The maximum atomic E-state index is 9.77. The molecule has 34 heavy (non-hydrogen) atoms. The molecule has 2 N–H and O–H groups in total. The van der Waals surface area contributed by atoms with Crippen LogP contribution in [0.2, 0.25) is 0 Å². The van der Waals surface area contributed by atoms with Crippen molar-refractivity contribution < 1.29 is 5.11 Å². The highest BCUT2D eigenvalue weighted by molar-refractivity contribution is 5.70. The largest absolute Gasteiger partial charge is 0.393 e. The number of rotatable bonds is 8. The second kappa shape index (κ2) is 11.1. The lowest BCUT2D eigenvalue weighted by Gasteiger charge is -2.32. The number of hydrogen-bond donors (Lipinski definition) is 2. The molecule has 1 aromatic carbocycles. The van der Waals surface area contributed by atoms with Crippen molar-refractivity contribution >= 4 is 17.3 Å². The molecule has 8 heteroatoms. The molecule has 4 rings (SSSR count). The summed E-state index contributed by atoms with van der Waals surface area (Å²) in [4.78, 5) is 17.9. The van der Waals surface area contributed by atoms with Crippen molar-refractivity contribution in [2.24, 2.45) is 0 Å². The van der Waals surface area contributed by atoms with Crippen LogP contribution in [-0.4, -0.2) is 64.8 Å². The third-order valence-electron chi connectivity index (χ3n) is 5.99. The van der Waals surface area contributed by atoms with Crippen LogP contribution in [0, 0.1) is 11.3 Å². The number of nitriles is 1. The molecule has 2 aromatic heterocycles. The van der Waals surface area contributed by atoms with Gasteiger partial charge in [0.25, 0.3) is 0 Å². The van der Waals surface area contributed by atoms with E-state index in [1.807, 2.05) is 36.4 Å². The quantitative estimate of drug-likeness (QED) is 0.529. The second-order valence-corrected chi connectivity index (χ2v) is 8.90. The number of nitrogens with one attached hydrogen (secondary N) is 1. The Balaban J connectivity index is 1.45. The molecule has 1 fully saturated rings. The summed E-state index contributed by atoms with van der Waals surface area (Å²) in [7, 11) is 4.15. The molecule has 0 radical (unpaired) electrons. The van der Waals surface area contributed by atoms with Crippen LogP contribution in [-0.2, 0) is 6.42 Å². The Morgan fingerprint density at radius 2 is 1.97 bits per heavy atom. The van der Waals surface area contributed by atoms with Crippen molar-refractivity contribution in [3.63, 3.8) is 0 Å². The molecule has 1 aliphatic rings. The Labute approximate surface area is 200 Å². The Kier molecular flexibility index (Phi) is 7.68. The van der Waals surface area contributed by atoms with Gasteiger partial charge in [-0.05, 0) is 76.7 Å². The van der Waals surface area contributed by atoms with Gasteiger partial charge in [-0.2, -0.15) is 5.26 Å². The standard InChI is InChI=1S/C26H31N7O/c1-32(2)13-3-4-21-6-7-22(18-29-21)30-26-28-12-9-24(31-26)19-5-8-25(20(16-19)17-27)33-14-10-23(34)11-15-33/h5-9,12,16,18,23,34H,3-4,10-11,13-15H2,1-2H3,(H,28,30,31). The van der Waals surface area contributed by atoms with E-state index in [2.05, 4.69) is 50.2 Å². The first kappa shape index (κ1) is 23.6. The average Bonchev–Trinajstić information content (AvgIpc) is 2.85. The molecule has 176 valence electrons. The van der Waals surface area contributed by atoms with Gasteiger partial charge in [0.15, 0.2) is 0 Å². The molecule has 0 saturated carbocycles. The van der Waals surface area contributed by atoms with Gasteiger partial charge in [0, 0.05) is 30.5 Å². The highest BCUT2D eigenvalue weighted by Gasteiger charge is 2.20. The summed E-state index contributed by atoms with van der Waals surface area (Å²) in [5, 5.41) is 22.7. The third kappa shape index (κ3) is 6.07. The molecule has 0 bridgehead atoms. The maximum absolute atomic E-state index is 9.77. The first-order valence-electron chi connectivity index (χ1n) is 11.7. The normalized spacial score (nSPS) is 14.3. The molecular weight excluding hydrogens is 426 g/mol. The summed E-state index contributed by atoms with van der Waals surface area (Å²) in [6.07, 6.45) is 6.72. The van der Waals surface area contributed by atoms with Gasteiger partial charge in [0.05, 0.1) is 34.9 Å². The second-order valence-electron chi connectivity index (χ2n) is 8.90. The summed E-state index contributed by atoms with van der Waals surface area (Å²) in [6.45, 7) is 2.54. The topological polar surface area (TPSA) is 101 Å². The van der Waals surface area contributed by atoms with Gasteiger partial charge < -0.3 is 20.2 Å². The Morgan fingerprint density at radius 3 is 2.68 bits per heavy atom. The van der Waals surface area contributed by atoms with E-state index >= 15 is 0 Å². The minimum Gasteiger partial charge on any atom is -0.393 e. The number of piperidine rings is 1. The van der Waals surface area contributed by atoms with E-state index in [-0.39, 0.29) is 6.10 Å². The number of pyridine rings is 1. The van der Waals surface area contributed by atoms with Crippen molar-refractivity contribution in [2.45, 2.75) is 31.8 Å². The maximum Gasteiger partial charge on any atom is 0.227 e. The van der Waals surface area contributed by atoms with Crippen molar-refractivity contribution in [3.8, 4) is 17.3 Å². The van der Waals surface area contributed by atoms with Crippen LogP contribution >= 0.6 is 0 Å². The van der Waals surface area contributed by atoms with E-state index in [9.17, 15) is 10.4 Å². The zero-order chi connectivity index (χ0) is 23.9. The van der Waals surface area contributed by atoms with Gasteiger partial charge >= 0.3 is 0 Å². The molecule has 8 nitrogen and oxygen atoms in total. The number of aryl methyl sites for hydroxylation is 1. The minimum absolute atomic E-state index is 0.248. The molecule has 1 aliphatic heterocycles. The SMILES string of the molecule is CN(C)CCCc1ccc(Nc2nccc(-c3ccc(N4CCC(O)CC4)c(C#N)c3)n2)cn1. The van der Waals surface area contributed by atoms with Crippen molar-refractivity contribution in [1.82, 2.24) is 19.9 Å². The predicted molar refractivity (Wildman–Crippen MR) is 134 cm³/mol. The Morgan fingerprint density at radius 1 is 1.15 bits per heavy atom. The number of aromatic nitrogens is 3. The fourth-order valence-electron chi connectivity index (χ4n) is 4.10. The monoisotopic (exact) mass is 457 g/mol. The Bertz CT molecular complexity index is 1130. The van der Waals surface area contributed by atoms with Crippen molar-refractivity contribution in [2.75, 3.05) is 43.9 Å². The fourth-order valence-corrected chi connectivity index (χ4v) is 4.10. The third-order valence-corrected chi connectivity index (χ3v) is 5.99. The van der Waals surface area contributed by atoms with Gasteiger partial charge in [0.2, 0.25) is 5.95 Å². The van der Waals surface area contributed by atoms with Gasteiger partial charge in [0.1, 0.15) is 6.07 Å². The summed E-state index contributed by atoms with van der Waals surface area (Å²) >= 11 is 0. The number of nitrogens with zero attached hydrogens (tertiary/aromatic N) is 6. The van der Waals surface area contributed by atoms with E-state index in [1.165, 1.54) is 0 Å². The van der Waals surface area contributed by atoms with Crippen molar-refractivity contribution in [3.05, 3.63) is 60.0 Å². The first-order valence-corrected chi connectivity index (χ1v) is 11.7. The summed E-state index contributed by atoms with van der Waals surface area (Å²) in [5.41, 5.74) is 5.00. The number of aliphatic hydroxyl groups excluding tert-OH is 1. The number of hydrogen-bond acceptors (Lipinski definition) is 8. The lowest BCUT2D eigenvalue weighted by atomic mass is 10.0. The smallest absolute Gasteiger partial charge is 0.227 e. The van der Waals surface area contributed by atoms with Crippen LogP contribution in [0.1, 0.15) is 30.5 Å². The molecule has 0 aliphatic carbocycles. The fraction of sp³-hybridized carbons (Fsp3) is 0.385. The van der Waals surface area contributed by atoms with Crippen molar-refractivity contribution in [1.29, 1.82) is 5.26 Å². The average molecular weight is 458 g/mol. The lowest BCUT2D eigenvalue weighted by Crippen LogP contribution is -2.36. The van der Waals surface area contributed by atoms with Gasteiger partial charge in [-0.15, -0.1) is 0 Å². The number of anilines is 3. The molecule has 0 spiro atoms. The van der Waals surface area contributed by atoms with Crippen LogP contribution in [0.25, 0.3) is 11.3 Å². The van der Waals surface area contributed by atoms with Crippen LogP contribution in [0.5, 0.6) is 0 Å². The highest BCUT2D eigenvalue weighted by Crippen LogP contribution is 2.29. The molecule has 0 unspecified atom stereocenters. The van der Waals surface area contributed by atoms with Gasteiger partial charge in [-0.3, -0.25) is 4.98 Å². The summed E-state index contributed by atoms with van der Waals surface area (Å²) in [5.74, 6) is 0.479. The Hall–Kier alpha value is -3.54.